The molecule has 0 saturated heterocycles. The lowest BCUT2D eigenvalue weighted by atomic mass is 10.1. The quantitative estimate of drug-likeness (QED) is 0.675. The number of sulfonamides is 1. The van der Waals surface area contributed by atoms with Crippen LogP contribution in [0.4, 0.5) is 0 Å². The normalized spacial score (nSPS) is 14.2. The highest BCUT2D eigenvalue weighted by atomic mass is 32.2. The van der Waals surface area contributed by atoms with Gasteiger partial charge < -0.3 is 5.73 Å². The molecular formula is C9H22N2O4S2. The molecule has 0 aliphatic rings. The molecule has 6 nitrogen and oxygen atoms in total. The molecule has 0 aliphatic heterocycles. The summed E-state index contributed by atoms with van der Waals surface area (Å²) in [5, 5.41) is 0. The number of likely N-dealkylation sites (N-methyl/N-ethyl adjacent to an activating group) is 1. The summed E-state index contributed by atoms with van der Waals surface area (Å²) < 4.78 is 47.3. The first-order valence-corrected chi connectivity index (χ1v) is 9.01. The van der Waals surface area contributed by atoms with Crippen LogP contribution in [0.3, 0.4) is 0 Å². The van der Waals surface area contributed by atoms with Gasteiger partial charge in [0.25, 0.3) is 0 Å². The summed E-state index contributed by atoms with van der Waals surface area (Å²) in [5.74, 6) is -0.768. The van der Waals surface area contributed by atoms with Gasteiger partial charge in [0.15, 0.2) is 0 Å². The summed E-state index contributed by atoms with van der Waals surface area (Å²) in [6.45, 7) is 5.59. The highest BCUT2D eigenvalue weighted by Gasteiger charge is 2.34. The van der Waals surface area contributed by atoms with Gasteiger partial charge in [0, 0.05) is 24.9 Å². The van der Waals surface area contributed by atoms with Crippen LogP contribution in [0.15, 0.2) is 0 Å². The molecule has 0 aromatic rings. The van der Waals surface area contributed by atoms with Crippen molar-refractivity contribution >= 4 is 19.9 Å². The van der Waals surface area contributed by atoms with E-state index in [-0.39, 0.29) is 18.8 Å². The van der Waals surface area contributed by atoms with Gasteiger partial charge in [-0.25, -0.2) is 16.8 Å². The summed E-state index contributed by atoms with van der Waals surface area (Å²) in [5.41, 5.74) is 4.83. The highest BCUT2D eigenvalue weighted by molar-refractivity contribution is 7.93. The Morgan fingerprint density at radius 2 is 1.59 bits per heavy atom. The van der Waals surface area contributed by atoms with Crippen molar-refractivity contribution in [1.82, 2.24) is 4.31 Å². The molecule has 0 bridgehead atoms. The van der Waals surface area contributed by atoms with Crippen LogP contribution in [0, 0.1) is 0 Å². The van der Waals surface area contributed by atoms with Crippen molar-refractivity contribution in [3.05, 3.63) is 0 Å². The molecule has 0 atom stereocenters. The molecule has 0 radical (unpaired) electrons. The lowest BCUT2D eigenvalue weighted by Gasteiger charge is -2.35. The van der Waals surface area contributed by atoms with Crippen molar-refractivity contribution in [2.24, 2.45) is 5.73 Å². The zero-order valence-corrected chi connectivity index (χ0v) is 12.4. The van der Waals surface area contributed by atoms with Gasteiger partial charge in [0.2, 0.25) is 10.0 Å². The van der Waals surface area contributed by atoms with Crippen LogP contribution < -0.4 is 5.73 Å². The average molecular weight is 286 g/mol. The van der Waals surface area contributed by atoms with Gasteiger partial charge in [-0.2, -0.15) is 4.31 Å². The number of sulfone groups is 1. The fourth-order valence-electron chi connectivity index (χ4n) is 1.47. The maximum absolute atomic E-state index is 12.0. The first-order chi connectivity index (χ1) is 7.46. The van der Waals surface area contributed by atoms with Gasteiger partial charge in [0.1, 0.15) is 9.84 Å². The molecule has 0 fully saturated rings. The van der Waals surface area contributed by atoms with E-state index in [1.54, 1.807) is 20.8 Å². The van der Waals surface area contributed by atoms with Crippen molar-refractivity contribution < 1.29 is 16.8 Å². The Labute approximate surface area is 104 Å². The van der Waals surface area contributed by atoms with Gasteiger partial charge in [0.05, 0.1) is 11.5 Å². The second-order valence-electron chi connectivity index (χ2n) is 4.63. The maximum atomic E-state index is 12.0. The van der Waals surface area contributed by atoms with E-state index in [9.17, 15) is 16.8 Å². The minimum absolute atomic E-state index is 0.180. The molecule has 0 aliphatic carbocycles. The fraction of sp³-hybridized carbons (Fsp3) is 1.00. The molecule has 0 rings (SSSR count). The van der Waals surface area contributed by atoms with Crippen molar-refractivity contribution in [3.8, 4) is 0 Å². The first-order valence-electron chi connectivity index (χ1n) is 5.34. The fourth-order valence-corrected chi connectivity index (χ4v) is 4.96. The van der Waals surface area contributed by atoms with E-state index in [0.29, 0.717) is 0 Å². The monoisotopic (exact) mass is 286 g/mol. The van der Waals surface area contributed by atoms with Crippen molar-refractivity contribution in [2.45, 2.75) is 26.3 Å². The Bertz CT molecular complexity index is 440. The van der Waals surface area contributed by atoms with Crippen LogP contribution in [-0.2, 0) is 19.9 Å². The second-order valence-corrected chi connectivity index (χ2v) is 8.90. The molecule has 0 aromatic carbocycles. The number of hydrogen-bond acceptors (Lipinski definition) is 5. The summed E-state index contributed by atoms with van der Waals surface area (Å²) in [6.07, 6.45) is 1.02. The number of nitrogens with zero attached hydrogens (tertiary/aromatic N) is 1. The van der Waals surface area contributed by atoms with E-state index < -0.39 is 31.2 Å². The molecule has 17 heavy (non-hydrogen) atoms. The summed E-state index contributed by atoms with van der Waals surface area (Å²) in [6, 6.07) is 0. The zero-order valence-electron chi connectivity index (χ0n) is 10.8. The van der Waals surface area contributed by atoms with Gasteiger partial charge >= 0.3 is 0 Å². The number of hydrogen-bond donors (Lipinski definition) is 1. The molecule has 0 aromatic heterocycles. The minimum Gasteiger partial charge on any atom is -0.329 e. The topological polar surface area (TPSA) is 97.5 Å². The molecule has 0 saturated carbocycles. The second kappa shape index (κ2) is 5.64. The van der Waals surface area contributed by atoms with Gasteiger partial charge in [-0.05, 0) is 13.8 Å². The van der Waals surface area contributed by atoms with Crippen LogP contribution in [0.25, 0.3) is 0 Å². The first kappa shape index (κ1) is 16.8. The van der Waals surface area contributed by atoms with Gasteiger partial charge in [-0.3, -0.25) is 0 Å². The predicted molar refractivity (Wildman–Crippen MR) is 69.0 cm³/mol. The SMILES string of the molecule is CCN(C(C)(C)CN)S(=O)(=O)CCS(C)(=O)=O. The van der Waals surface area contributed by atoms with E-state index in [1.807, 2.05) is 0 Å². The minimum atomic E-state index is -3.60. The molecule has 0 heterocycles. The molecular weight excluding hydrogens is 264 g/mol. The third kappa shape index (κ3) is 5.33. The molecule has 8 heteroatoms. The highest BCUT2D eigenvalue weighted by Crippen LogP contribution is 2.17. The standard InChI is InChI=1S/C9H22N2O4S2/c1-5-11(9(2,3)8-10)17(14,15)7-6-16(4,12)13/h5-8,10H2,1-4H3. The summed E-state index contributed by atoms with van der Waals surface area (Å²) in [7, 11) is -6.89. The van der Waals surface area contributed by atoms with Crippen LogP contribution >= 0.6 is 0 Å². The molecule has 104 valence electrons. The average Bonchev–Trinajstić information content (AvgIpc) is 2.14. The van der Waals surface area contributed by atoms with Crippen molar-refractivity contribution in [3.63, 3.8) is 0 Å². The van der Waals surface area contributed by atoms with Gasteiger partial charge in [-0.15, -0.1) is 0 Å². The molecule has 2 N–H and O–H groups in total. The smallest absolute Gasteiger partial charge is 0.215 e. The molecule has 0 amide bonds. The Kier molecular flexibility index (Phi) is 5.58. The third-order valence-electron chi connectivity index (χ3n) is 2.51. The number of nitrogens with two attached hydrogens (primary N) is 1. The Hall–Kier alpha value is -0.180. The van der Waals surface area contributed by atoms with Crippen molar-refractivity contribution in [1.29, 1.82) is 0 Å². The lowest BCUT2D eigenvalue weighted by molar-refractivity contribution is 0.244. The van der Waals surface area contributed by atoms with E-state index in [2.05, 4.69) is 0 Å². The van der Waals surface area contributed by atoms with Crippen LogP contribution in [0.1, 0.15) is 20.8 Å². The van der Waals surface area contributed by atoms with Crippen molar-refractivity contribution in [2.75, 3.05) is 30.9 Å². The van der Waals surface area contributed by atoms with E-state index in [4.69, 9.17) is 5.73 Å². The van der Waals surface area contributed by atoms with Gasteiger partial charge in [-0.1, -0.05) is 6.92 Å². The molecule has 0 unspecified atom stereocenters. The largest absolute Gasteiger partial charge is 0.329 e. The van der Waals surface area contributed by atoms with E-state index in [0.717, 1.165) is 6.26 Å². The molecule has 0 spiro atoms. The van der Waals surface area contributed by atoms with Crippen LogP contribution in [0.2, 0.25) is 0 Å². The maximum Gasteiger partial charge on any atom is 0.215 e. The van der Waals surface area contributed by atoms with E-state index >= 15 is 0 Å². The van der Waals surface area contributed by atoms with Crippen LogP contribution in [-0.4, -0.2) is 57.5 Å². The summed E-state index contributed by atoms with van der Waals surface area (Å²) in [4.78, 5) is 0. The Morgan fingerprint density at radius 1 is 1.12 bits per heavy atom. The number of rotatable bonds is 7. The predicted octanol–water partition coefficient (Wildman–Crippen LogP) is -0.580. The Balaban J connectivity index is 5.03. The summed E-state index contributed by atoms with van der Waals surface area (Å²) >= 11 is 0. The van der Waals surface area contributed by atoms with Crippen LogP contribution in [0.5, 0.6) is 0 Å². The zero-order chi connectivity index (χ0) is 13.9. The Morgan fingerprint density at radius 3 is 1.88 bits per heavy atom. The van der Waals surface area contributed by atoms with E-state index in [1.165, 1.54) is 4.31 Å². The third-order valence-corrected chi connectivity index (χ3v) is 5.86. The lowest BCUT2D eigenvalue weighted by Crippen LogP contribution is -2.53.